The predicted molar refractivity (Wildman–Crippen MR) is 112 cm³/mol. The Balaban J connectivity index is 1.97. The number of carbonyl (C=O) groups is 1. The first-order chi connectivity index (χ1) is 12.8. The summed E-state index contributed by atoms with van der Waals surface area (Å²) in [5.41, 5.74) is 1.30. The van der Waals surface area contributed by atoms with Gasteiger partial charge < -0.3 is 4.74 Å². The molecule has 0 saturated heterocycles. The molecule has 3 aromatic rings. The number of hydrogen-bond donors (Lipinski definition) is 0. The third kappa shape index (κ3) is 4.42. The lowest BCUT2D eigenvalue weighted by Crippen LogP contribution is -2.26. The summed E-state index contributed by atoms with van der Waals surface area (Å²) in [5, 5.41) is 3.15. The molecule has 0 atom stereocenters. The van der Waals surface area contributed by atoms with E-state index in [0.29, 0.717) is 21.9 Å². The summed E-state index contributed by atoms with van der Waals surface area (Å²) in [6, 6.07) is 9.84. The van der Waals surface area contributed by atoms with Crippen LogP contribution in [0.5, 0.6) is 0 Å². The minimum atomic E-state index is -0.530. The van der Waals surface area contributed by atoms with Crippen molar-refractivity contribution in [2.24, 2.45) is 0 Å². The average Bonchev–Trinajstić information content (AvgIpc) is 3.03. The van der Waals surface area contributed by atoms with E-state index in [4.69, 9.17) is 4.74 Å². The summed E-state index contributed by atoms with van der Waals surface area (Å²) in [4.78, 5) is 30.5. The lowest BCUT2D eigenvalue weighted by molar-refractivity contribution is -0.151. The van der Waals surface area contributed by atoms with Crippen molar-refractivity contribution in [1.29, 1.82) is 0 Å². The molecule has 0 bridgehead atoms. The third-order valence-corrected chi connectivity index (χ3v) is 5.62. The second kappa shape index (κ2) is 7.86. The Kier molecular flexibility index (Phi) is 5.72. The molecule has 0 aliphatic heterocycles. The van der Waals surface area contributed by atoms with Crippen LogP contribution in [-0.2, 0) is 16.1 Å². The van der Waals surface area contributed by atoms with Crippen LogP contribution in [0.2, 0.25) is 0 Å². The van der Waals surface area contributed by atoms with Gasteiger partial charge in [0.25, 0.3) is 5.56 Å². The molecule has 142 valence electrons. The van der Waals surface area contributed by atoms with Crippen LogP contribution in [0.4, 0.5) is 0 Å². The molecule has 0 amide bonds. The number of carbonyl (C=O) groups excluding carboxylic acids is 1. The standard InChI is InChI=1S/C20H22N2O3S2/c1-5-22-18(24)16-14(13-9-7-6-8-10-13)11-26-17(16)21-19(22)27-12-15(23)25-20(2,3)4/h6-11H,5,12H2,1-4H3. The Morgan fingerprint density at radius 1 is 1.26 bits per heavy atom. The van der Waals surface area contributed by atoms with Gasteiger partial charge in [-0.25, -0.2) is 4.98 Å². The first kappa shape index (κ1) is 19.6. The topological polar surface area (TPSA) is 61.2 Å². The summed E-state index contributed by atoms with van der Waals surface area (Å²) >= 11 is 2.69. The molecule has 0 N–H and O–H groups in total. The molecular formula is C20H22N2O3S2. The first-order valence-corrected chi connectivity index (χ1v) is 10.6. The van der Waals surface area contributed by atoms with Gasteiger partial charge in [-0.15, -0.1) is 11.3 Å². The number of esters is 1. The van der Waals surface area contributed by atoms with Crippen LogP contribution >= 0.6 is 23.1 Å². The Labute approximate surface area is 166 Å². The van der Waals surface area contributed by atoms with E-state index in [2.05, 4.69) is 4.98 Å². The molecule has 3 rings (SSSR count). The normalized spacial score (nSPS) is 11.7. The van der Waals surface area contributed by atoms with Crippen molar-refractivity contribution >= 4 is 39.3 Å². The van der Waals surface area contributed by atoms with Gasteiger partial charge in [-0.2, -0.15) is 0 Å². The maximum atomic E-state index is 13.1. The second-order valence-electron chi connectivity index (χ2n) is 7.01. The number of aromatic nitrogens is 2. The zero-order chi connectivity index (χ0) is 19.6. The van der Waals surface area contributed by atoms with Crippen LogP contribution in [0.1, 0.15) is 27.7 Å². The zero-order valence-corrected chi connectivity index (χ0v) is 17.4. The van der Waals surface area contributed by atoms with Crippen molar-refractivity contribution in [2.75, 3.05) is 5.75 Å². The van der Waals surface area contributed by atoms with Crippen molar-refractivity contribution in [3.8, 4) is 11.1 Å². The zero-order valence-electron chi connectivity index (χ0n) is 15.8. The fraction of sp³-hybridized carbons (Fsp3) is 0.350. The minimum absolute atomic E-state index is 0.0747. The second-order valence-corrected chi connectivity index (χ2v) is 8.82. The molecule has 0 spiro atoms. The lowest BCUT2D eigenvalue weighted by atomic mass is 10.1. The van der Waals surface area contributed by atoms with Crippen molar-refractivity contribution in [3.05, 3.63) is 46.1 Å². The van der Waals surface area contributed by atoms with Crippen molar-refractivity contribution in [1.82, 2.24) is 9.55 Å². The van der Waals surface area contributed by atoms with Crippen molar-refractivity contribution in [3.63, 3.8) is 0 Å². The predicted octanol–water partition coefficient (Wildman–Crippen LogP) is 4.58. The monoisotopic (exact) mass is 402 g/mol. The third-order valence-electron chi connectivity index (χ3n) is 3.80. The maximum absolute atomic E-state index is 13.1. The average molecular weight is 403 g/mol. The van der Waals surface area contributed by atoms with Crippen LogP contribution < -0.4 is 5.56 Å². The summed E-state index contributed by atoms with van der Waals surface area (Å²) in [6.07, 6.45) is 0. The van der Waals surface area contributed by atoms with E-state index < -0.39 is 5.60 Å². The highest BCUT2D eigenvalue weighted by atomic mass is 32.2. The highest BCUT2D eigenvalue weighted by Crippen LogP contribution is 2.32. The Bertz CT molecular complexity index is 1020. The van der Waals surface area contributed by atoms with Gasteiger partial charge in [-0.1, -0.05) is 42.1 Å². The van der Waals surface area contributed by atoms with Crippen LogP contribution in [-0.4, -0.2) is 26.9 Å². The summed E-state index contributed by atoms with van der Waals surface area (Å²) < 4.78 is 6.96. The molecule has 27 heavy (non-hydrogen) atoms. The van der Waals surface area contributed by atoms with Crippen molar-refractivity contribution < 1.29 is 9.53 Å². The summed E-state index contributed by atoms with van der Waals surface area (Å²) in [5.74, 6) is -0.202. The van der Waals surface area contributed by atoms with E-state index in [1.807, 2.05) is 63.4 Å². The number of nitrogens with zero attached hydrogens (tertiary/aromatic N) is 2. The van der Waals surface area contributed by atoms with Crippen LogP contribution in [0.3, 0.4) is 0 Å². The molecular weight excluding hydrogens is 380 g/mol. The Hall–Kier alpha value is -2.12. The molecule has 7 heteroatoms. The minimum Gasteiger partial charge on any atom is -0.459 e. The number of hydrogen-bond acceptors (Lipinski definition) is 6. The largest absolute Gasteiger partial charge is 0.459 e. The maximum Gasteiger partial charge on any atom is 0.316 e. The molecule has 5 nitrogen and oxygen atoms in total. The number of ether oxygens (including phenoxy) is 1. The molecule has 0 aliphatic rings. The van der Waals surface area contributed by atoms with E-state index in [1.54, 1.807) is 4.57 Å². The van der Waals surface area contributed by atoms with Gasteiger partial charge in [-0.05, 0) is 33.3 Å². The SMILES string of the molecule is CCn1c(SCC(=O)OC(C)(C)C)nc2scc(-c3ccccc3)c2c1=O. The van der Waals surface area contributed by atoms with E-state index >= 15 is 0 Å². The van der Waals surface area contributed by atoms with Crippen LogP contribution in [0, 0.1) is 0 Å². The van der Waals surface area contributed by atoms with Gasteiger partial charge in [0.05, 0.1) is 11.1 Å². The number of thioether (sulfide) groups is 1. The fourth-order valence-corrected chi connectivity index (χ4v) is 4.54. The highest BCUT2D eigenvalue weighted by molar-refractivity contribution is 7.99. The molecule has 0 saturated carbocycles. The molecule has 0 unspecified atom stereocenters. The summed E-state index contributed by atoms with van der Waals surface area (Å²) in [7, 11) is 0. The fourth-order valence-electron chi connectivity index (χ4n) is 2.72. The molecule has 2 heterocycles. The lowest BCUT2D eigenvalue weighted by Gasteiger charge is -2.19. The number of benzene rings is 1. The Morgan fingerprint density at radius 3 is 2.59 bits per heavy atom. The van der Waals surface area contributed by atoms with Crippen LogP contribution in [0.25, 0.3) is 21.3 Å². The first-order valence-electron chi connectivity index (χ1n) is 8.72. The molecule has 1 aromatic carbocycles. The van der Waals surface area contributed by atoms with Gasteiger partial charge in [0, 0.05) is 17.5 Å². The van der Waals surface area contributed by atoms with Gasteiger partial charge >= 0.3 is 5.97 Å². The Morgan fingerprint density at radius 2 is 1.96 bits per heavy atom. The number of fused-ring (bicyclic) bond motifs is 1. The van der Waals surface area contributed by atoms with E-state index in [0.717, 1.165) is 11.1 Å². The van der Waals surface area contributed by atoms with E-state index in [9.17, 15) is 9.59 Å². The van der Waals surface area contributed by atoms with Crippen LogP contribution in [0.15, 0.2) is 45.7 Å². The molecule has 2 aromatic heterocycles. The number of rotatable bonds is 5. The van der Waals surface area contributed by atoms with Crippen molar-refractivity contribution in [2.45, 2.75) is 45.0 Å². The number of thiophene rings is 1. The molecule has 0 radical (unpaired) electrons. The van der Waals surface area contributed by atoms with Gasteiger partial charge in [-0.3, -0.25) is 14.2 Å². The van der Waals surface area contributed by atoms with E-state index in [-0.39, 0.29) is 17.3 Å². The smallest absolute Gasteiger partial charge is 0.316 e. The quantitative estimate of drug-likeness (QED) is 0.355. The highest BCUT2D eigenvalue weighted by Gasteiger charge is 2.20. The van der Waals surface area contributed by atoms with E-state index in [1.165, 1.54) is 23.1 Å². The summed E-state index contributed by atoms with van der Waals surface area (Å²) in [6.45, 7) is 7.89. The van der Waals surface area contributed by atoms with Gasteiger partial charge in [0.15, 0.2) is 5.16 Å². The van der Waals surface area contributed by atoms with Gasteiger partial charge in [0.2, 0.25) is 0 Å². The molecule has 0 fully saturated rings. The molecule has 0 aliphatic carbocycles. The van der Waals surface area contributed by atoms with Gasteiger partial charge in [0.1, 0.15) is 10.4 Å².